The van der Waals surface area contributed by atoms with Gasteiger partial charge in [-0.15, -0.1) is 0 Å². The number of aliphatic hydroxyl groups excluding tert-OH is 4. The number of fused-ring (bicyclic) bond motifs is 1. The van der Waals surface area contributed by atoms with Crippen molar-refractivity contribution < 1.29 is 53.4 Å². The number of aliphatic hydroxyl groups is 4. The van der Waals surface area contributed by atoms with Crippen LogP contribution in [0.25, 0.3) is 22.6 Å². The van der Waals surface area contributed by atoms with Gasteiger partial charge in [0.1, 0.15) is 23.4 Å². The summed E-state index contributed by atoms with van der Waals surface area (Å²) in [4.78, 5) is 12.8. The molecule has 0 bridgehead atoms. The van der Waals surface area contributed by atoms with Gasteiger partial charge in [0, 0.05) is 28.4 Å². The Morgan fingerprint density at radius 3 is 2.00 bits per heavy atom. The molecule has 6 N–H and O–H groups in total. The van der Waals surface area contributed by atoms with Crippen LogP contribution in [0.3, 0.4) is 0 Å². The van der Waals surface area contributed by atoms with Crippen molar-refractivity contribution in [3.05, 3.63) is 100 Å². The molecule has 0 radical (unpaired) electrons. The fourth-order valence-electron chi connectivity index (χ4n) is 6.28. The summed E-state index contributed by atoms with van der Waals surface area (Å²) < 4.78 is 34.3. The van der Waals surface area contributed by atoms with Crippen LogP contribution >= 0.6 is 0 Å². The van der Waals surface area contributed by atoms with Crippen molar-refractivity contribution >= 4 is 11.6 Å². The van der Waals surface area contributed by atoms with Crippen LogP contribution in [0.2, 0.25) is 0 Å². The van der Waals surface area contributed by atoms with Crippen molar-refractivity contribution in [2.24, 2.45) is 0 Å². The molecular formula is C40H43N3O11. The Morgan fingerprint density at radius 2 is 1.37 bits per heavy atom. The molecule has 1 aliphatic heterocycles. The fraction of sp³-hybridized carbons (Fsp3) is 0.300. The molecule has 6 rings (SSSR count). The smallest absolute Gasteiger partial charge is 0.255 e. The lowest BCUT2D eigenvalue weighted by atomic mass is 9.97. The number of anilines is 1. The van der Waals surface area contributed by atoms with Gasteiger partial charge in [0.2, 0.25) is 5.75 Å². The first-order valence-corrected chi connectivity index (χ1v) is 17.3. The molecule has 0 saturated heterocycles. The second-order valence-electron chi connectivity index (χ2n) is 12.4. The largest absolute Gasteiger partial charge is 0.497 e. The highest BCUT2D eigenvalue weighted by Gasteiger charge is 2.26. The van der Waals surface area contributed by atoms with Gasteiger partial charge in [-0.2, -0.15) is 0 Å². The van der Waals surface area contributed by atoms with Gasteiger partial charge in [-0.3, -0.25) is 4.79 Å². The van der Waals surface area contributed by atoms with Gasteiger partial charge in [0.15, 0.2) is 17.3 Å². The topological polar surface area (TPSA) is 194 Å². The second-order valence-corrected chi connectivity index (χ2v) is 12.4. The van der Waals surface area contributed by atoms with Crippen LogP contribution in [-0.2, 0) is 26.4 Å². The summed E-state index contributed by atoms with van der Waals surface area (Å²) in [6.07, 6.45) is 0.826. The van der Waals surface area contributed by atoms with Gasteiger partial charge >= 0.3 is 0 Å². The van der Waals surface area contributed by atoms with E-state index in [-0.39, 0.29) is 32.3 Å². The van der Waals surface area contributed by atoms with Crippen LogP contribution < -0.4 is 34.3 Å². The summed E-state index contributed by atoms with van der Waals surface area (Å²) in [5.41, 5.74) is 5.72. The second kappa shape index (κ2) is 17.4. The minimum absolute atomic E-state index is 0.227. The zero-order chi connectivity index (χ0) is 38.2. The lowest BCUT2D eigenvalue weighted by Crippen LogP contribution is -2.38. The first-order valence-electron chi connectivity index (χ1n) is 17.3. The van der Waals surface area contributed by atoms with Gasteiger partial charge in [0.05, 0.1) is 66.5 Å². The van der Waals surface area contributed by atoms with E-state index in [1.807, 2.05) is 12.1 Å². The van der Waals surface area contributed by atoms with Gasteiger partial charge in [0.25, 0.3) is 5.91 Å². The van der Waals surface area contributed by atoms with Crippen LogP contribution in [0.15, 0.2) is 71.3 Å². The molecule has 0 aliphatic carbocycles. The molecule has 2 heterocycles. The number of amides is 1. The maximum absolute atomic E-state index is 12.8. The number of aromatic nitrogens is 1. The van der Waals surface area contributed by atoms with Crippen LogP contribution in [0.1, 0.15) is 57.2 Å². The predicted molar refractivity (Wildman–Crippen MR) is 198 cm³/mol. The van der Waals surface area contributed by atoms with E-state index in [2.05, 4.69) is 15.8 Å². The standard InChI is InChI=1S/C40H43N3O11/c1-49-29-7-8-32-30(17-29)40(48)42-39(41-32)23-6-9-34(28(12-23)21-46)52-10-4-5-11-53-38-36(50-2)15-24(16-37(38)51-3)33-18-35(54-43-33)25-13-26(19-44)31(22-47)27(14-25)20-45/h6-9,12-18,39,41,44-47H,4-5,10-11,19-22H2,1-3H3,(H,42,48). The number of benzene rings is 4. The zero-order valence-corrected chi connectivity index (χ0v) is 30.2. The summed E-state index contributed by atoms with van der Waals surface area (Å²) >= 11 is 0. The van der Waals surface area contributed by atoms with E-state index in [1.54, 1.807) is 61.7 Å². The average Bonchev–Trinajstić information content (AvgIpc) is 3.71. The monoisotopic (exact) mass is 741 g/mol. The van der Waals surface area contributed by atoms with Crippen LogP contribution in [0.4, 0.5) is 5.69 Å². The molecule has 54 heavy (non-hydrogen) atoms. The molecule has 1 atom stereocenters. The summed E-state index contributed by atoms with van der Waals surface area (Å²) in [5, 5.41) is 49.9. The minimum atomic E-state index is -0.482. The summed E-state index contributed by atoms with van der Waals surface area (Å²) in [5.74, 6) is 2.61. The Labute approximate surface area is 311 Å². The van der Waals surface area contributed by atoms with E-state index < -0.39 is 6.17 Å². The molecule has 1 amide bonds. The number of nitrogens with zero attached hydrogens (tertiary/aromatic N) is 1. The number of methoxy groups -OCH3 is 3. The number of carbonyl (C=O) groups excluding carboxylic acids is 1. The Balaban J connectivity index is 1.05. The lowest BCUT2D eigenvalue weighted by Gasteiger charge is -2.29. The minimum Gasteiger partial charge on any atom is -0.497 e. The van der Waals surface area contributed by atoms with Crippen LogP contribution in [0, 0.1) is 0 Å². The molecular weight excluding hydrogens is 698 g/mol. The highest BCUT2D eigenvalue weighted by Crippen LogP contribution is 2.42. The summed E-state index contributed by atoms with van der Waals surface area (Å²) in [6.45, 7) is -0.444. The Bertz CT molecular complexity index is 2050. The van der Waals surface area contributed by atoms with Crippen molar-refractivity contribution in [1.82, 2.24) is 10.5 Å². The number of nitrogens with one attached hydrogen (secondary N) is 2. The molecule has 0 spiro atoms. The molecule has 1 aromatic heterocycles. The Morgan fingerprint density at radius 1 is 0.685 bits per heavy atom. The Hall–Kier alpha value is -5.80. The van der Waals surface area contributed by atoms with Gasteiger partial charge in [-0.05, 0) is 89.7 Å². The van der Waals surface area contributed by atoms with E-state index in [9.17, 15) is 25.2 Å². The summed E-state index contributed by atoms with van der Waals surface area (Å²) in [6, 6.07) is 19.3. The molecule has 14 heteroatoms. The molecule has 1 aliphatic rings. The third kappa shape index (κ3) is 8.06. The van der Waals surface area contributed by atoms with Crippen molar-refractivity contribution in [3.63, 3.8) is 0 Å². The van der Waals surface area contributed by atoms with Gasteiger partial charge < -0.3 is 59.3 Å². The highest BCUT2D eigenvalue weighted by molar-refractivity contribution is 6.02. The normalized spacial score (nSPS) is 13.5. The fourth-order valence-corrected chi connectivity index (χ4v) is 6.28. The van der Waals surface area contributed by atoms with E-state index in [1.165, 1.54) is 14.2 Å². The lowest BCUT2D eigenvalue weighted by molar-refractivity contribution is 0.0935. The third-order valence-corrected chi connectivity index (χ3v) is 9.16. The van der Waals surface area contributed by atoms with Crippen molar-refractivity contribution in [1.29, 1.82) is 0 Å². The van der Waals surface area contributed by atoms with E-state index in [0.29, 0.717) is 111 Å². The molecule has 4 aromatic carbocycles. The number of ether oxygens (including phenoxy) is 5. The quantitative estimate of drug-likeness (QED) is 0.0691. The maximum Gasteiger partial charge on any atom is 0.255 e. The molecule has 0 fully saturated rings. The maximum atomic E-state index is 12.8. The molecule has 1 unspecified atom stereocenters. The molecule has 284 valence electrons. The summed E-state index contributed by atoms with van der Waals surface area (Å²) in [7, 11) is 4.61. The highest BCUT2D eigenvalue weighted by atomic mass is 16.5. The number of unbranched alkanes of at least 4 members (excludes halogenated alkanes) is 1. The number of carbonyl (C=O) groups is 1. The molecule has 5 aromatic rings. The van der Waals surface area contributed by atoms with Crippen molar-refractivity contribution in [2.75, 3.05) is 39.9 Å². The Kier molecular flexibility index (Phi) is 12.2. The average molecular weight is 742 g/mol. The van der Waals surface area contributed by atoms with E-state index >= 15 is 0 Å². The van der Waals surface area contributed by atoms with Gasteiger partial charge in [-0.25, -0.2) is 0 Å². The van der Waals surface area contributed by atoms with E-state index in [4.69, 9.17) is 28.2 Å². The van der Waals surface area contributed by atoms with Gasteiger partial charge in [-0.1, -0.05) is 11.2 Å². The van der Waals surface area contributed by atoms with Crippen molar-refractivity contribution in [3.8, 4) is 51.3 Å². The number of hydrogen-bond acceptors (Lipinski definition) is 13. The predicted octanol–water partition coefficient (Wildman–Crippen LogP) is 5.10. The number of rotatable bonds is 17. The van der Waals surface area contributed by atoms with E-state index in [0.717, 1.165) is 5.56 Å². The molecule has 14 nitrogen and oxygen atoms in total. The molecule has 0 saturated carbocycles. The SMILES string of the molecule is COc1ccc2c(c1)C(=O)NC(c1ccc(OCCCCOc3c(OC)cc(-c4cc(-c5cc(CO)c(CO)c(CO)c5)on4)cc3OC)c(CO)c1)N2. The number of hydrogen-bond donors (Lipinski definition) is 6. The first-order chi connectivity index (χ1) is 26.3. The van der Waals surface area contributed by atoms with Crippen molar-refractivity contribution in [2.45, 2.75) is 45.4 Å². The first kappa shape index (κ1) is 37.9. The van der Waals surface area contributed by atoms with Crippen LogP contribution in [0.5, 0.6) is 28.7 Å². The third-order valence-electron chi connectivity index (χ3n) is 9.16. The zero-order valence-electron chi connectivity index (χ0n) is 30.2. The van der Waals surface area contributed by atoms with Crippen LogP contribution in [-0.4, -0.2) is 66.0 Å².